The standard InChI is InChI=1S/C28H41NO2/c1-27(31)15-13-22-20(17-27)9-11-24-23(22)14-16-28(2)21(10-12-25(24)28)18-29(3)26(30)19-7-5-4-6-8-19/h4-8,20-25,31H,9-18H2,1-3H3/t20?,21?,22?,23-,24?,25+,27-,28?/m1/s1. The summed E-state index contributed by atoms with van der Waals surface area (Å²) < 4.78 is 0. The van der Waals surface area contributed by atoms with Gasteiger partial charge < -0.3 is 10.0 Å². The molecule has 4 aliphatic carbocycles. The van der Waals surface area contributed by atoms with Crippen molar-refractivity contribution >= 4 is 5.91 Å². The number of carbonyl (C=O) groups excluding carboxylic acids is 1. The van der Waals surface area contributed by atoms with Gasteiger partial charge in [0.15, 0.2) is 0 Å². The molecule has 4 saturated carbocycles. The second kappa shape index (κ2) is 7.90. The molecule has 4 aliphatic rings. The quantitative estimate of drug-likeness (QED) is 0.669. The molecule has 31 heavy (non-hydrogen) atoms. The van der Waals surface area contributed by atoms with E-state index in [1.54, 1.807) is 0 Å². The Kier molecular flexibility index (Phi) is 5.48. The maximum atomic E-state index is 12.9. The van der Waals surface area contributed by atoms with Crippen LogP contribution in [0.3, 0.4) is 0 Å². The average Bonchev–Trinajstić information content (AvgIpc) is 3.09. The fourth-order valence-electron chi connectivity index (χ4n) is 8.70. The van der Waals surface area contributed by atoms with E-state index in [1.165, 1.54) is 44.9 Å². The summed E-state index contributed by atoms with van der Waals surface area (Å²) in [7, 11) is 2.00. The van der Waals surface area contributed by atoms with Crippen molar-refractivity contribution in [1.82, 2.24) is 4.90 Å². The summed E-state index contributed by atoms with van der Waals surface area (Å²) in [5.41, 5.74) is 0.769. The van der Waals surface area contributed by atoms with Crippen LogP contribution >= 0.6 is 0 Å². The van der Waals surface area contributed by atoms with E-state index in [9.17, 15) is 9.90 Å². The van der Waals surface area contributed by atoms with E-state index >= 15 is 0 Å². The molecular weight excluding hydrogens is 382 g/mol. The van der Waals surface area contributed by atoms with E-state index in [2.05, 4.69) is 13.8 Å². The van der Waals surface area contributed by atoms with Crippen LogP contribution < -0.4 is 0 Å². The fraction of sp³-hybridized carbons (Fsp3) is 0.750. The highest BCUT2D eigenvalue weighted by atomic mass is 16.3. The number of amides is 1. The van der Waals surface area contributed by atoms with Crippen molar-refractivity contribution in [3.05, 3.63) is 35.9 Å². The molecule has 5 rings (SSSR count). The third-order valence-electron chi connectivity index (χ3n) is 10.3. The molecule has 5 unspecified atom stereocenters. The first kappa shape index (κ1) is 21.5. The second-order valence-electron chi connectivity index (χ2n) is 12.0. The molecular formula is C28H41NO2. The van der Waals surface area contributed by atoms with Gasteiger partial charge in [-0.2, -0.15) is 0 Å². The second-order valence-corrected chi connectivity index (χ2v) is 12.0. The summed E-state index contributed by atoms with van der Waals surface area (Å²) in [6, 6.07) is 9.75. The van der Waals surface area contributed by atoms with E-state index in [0.717, 1.165) is 54.5 Å². The third-order valence-corrected chi connectivity index (χ3v) is 10.3. The number of hydrogen-bond donors (Lipinski definition) is 1. The zero-order valence-corrected chi connectivity index (χ0v) is 19.7. The normalized spacial score (nSPS) is 44.1. The zero-order valence-electron chi connectivity index (χ0n) is 19.7. The van der Waals surface area contributed by atoms with Gasteiger partial charge in [0.2, 0.25) is 0 Å². The largest absolute Gasteiger partial charge is 0.390 e. The lowest BCUT2D eigenvalue weighted by atomic mass is 9.49. The van der Waals surface area contributed by atoms with Gasteiger partial charge in [0.25, 0.3) is 5.91 Å². The molecule has 0 radical (unpaired) electrons. The number of aliphatic hydroxyl groups is 1. The Bertz CT molecular complexity index is 804. The minimum Gasteiger partial charge on any atom is -0.390 e. The van der Waals surface area contributed by atoms with Crippen molar-refractivity contribution in [2.24, 2.45) is 40.9 Å². The van der Waals surface area contributed by atoms with Crippen LogP contribution in [-0.2, 0) is 0 Å². The zero-order chi connectivity index (χ0) is 21.8. The minimum atomic E-state index is -0.425. The molecule has 1 aromatic rings. The lowest BCUT2D eigenvalue weighted by molar-refractivity contribution is -0.100. The van der Waals surface area contributed by atoms with Crippen LogP contribution in [0.4, 0.5) is 0 Å². The third kappa shape index (κ3) is 3.75. The lowest BCUT2D eigenvalue weighted by Gasteiger charge is -2.57. The summed E-state index contributed by atoms with van der Waals surface area (Å²) in [5, 5.41) is 10.6. The van der Waals surface area contributed by atoms with Crippen LogP contribution in [0.1, 0.15) is 82.0 Å². The summed E-state index contributed by atoms with van der Waals surface area (Å²) in [6.07, 6.45) is 11.3. The van der Waals surface area contributed by atoms with Gasteiger partial charge in [0.1, 0.15) is 0 Å². The summed E-state index contributed by atoms with van der Waals surface area (Å²) in [5.74, 6) is 4.99. The van der Waals surface area contributed by atoms with Crippen LogP contribution in [0, 0.1) is 40.9 Å². The number of hydrogen-bond acceptors (Lipinski definition) is 2. The van der Waals surface area contributed by atoms with Crippen LogP contribution in [0.25, 0.3) is 0 Å². The molecule has 1 aromatic carbocycles. The number of carbonyl (C=O) groups is 1. The Morgan fingerprint density at radius 3 is 2.48 bits per heavy atom. The van der Waals surface area contributed by atoms with E-state index in [-0.39, 0.29) is 5.91 Å². The van der Waals surface area contributed by atoms with Crippen molar-refractivity contribution in [2.75, 3.05) is 13.6 Å². The Hall–Kier alpha value is -1.35. The molecule has 0 aliphatic heterocycles. The highest BCUT2D eigenvalue weighted by Crippen LogP contribution is 2.64. The number of nitrogens with zero attached hydrogens (tertiary/aromatic N) is 1. The lowest BCUT2D eigenvalue weighted by Crippen LogP contribution is -2.51. The Morgan fingerprint density at radius 2 is 1.71 bits per heavy atom. The monoisotopic (exact) mass is 423 g/mol. The molecule has 8 atom stereocenters. The number of rotatable bonds is 3. The maximum Gasteiger partial charge on any atom is 0.253 e. The van der Waals surface area contributed by atoms with Crippen LogP contribution in [0.2, 0.25) is 0 Å². The van der Waals surface area contributed by atoms with Gasteiger partial charge in [-0.05, 0) is 118 Å². The van der Waals surface area contributed by atoms with Gasteiger partial charge in [-0.3, -0.25) is 4.79 Å². The van der Waals surface area contributed by atoms with Crippen molar-refractivity contribution in [3.8, 4) is 0 Å². The molecule has 3 heteroatoms. The van der Waals surface area contributed by atoms with Crippen molar-refractivity contribution in [1.29, 1.82) is 0 Å². The molecule has 0 bridgehead atoms. The Morgan fingerprint density at radius 1 is 0.968 bits per heavy atom. The Labute approximate surface area is 188 Å². The number of benzene rings is 1. The Balaban J connectivity index is 1.28. The van der Waals surface area contributed by atoms with Gasteiger partial charge in [0, 0.05) is 19.2 Å². The topological polar surface area (TPSA) is 40.5 Å². The predicted octanol–water partition coefficient (Wildman–Crippen LogP) is 5.78. The SMILES string of the molecule is CN(CC1CC[C@H]2C3CCC4C[C@](C)(O)CCC4[C@H]3CCC12C)C(=O)c1ccccc1. The molecule has 1 amide bonds. The van der Waals surface area contributed by atoms with Gasteiger partial charge in [-0.25, -0.2) is 0 Å². The smallest absolute Gasteiger partial charge is 0.253 e. The van der Waals surface area contributed by atoms with Crippen molar-refractivity contribution in [3.63, 3.8) is 0 Å². The predicted molar refractivity (Wildman–Crippen MR) is 125 cm³/mol. The highest BCUT2D eigenvalue weighted by molar-refractivity contribution is 5.94. The summed E-state index contributed by atoms with van der Waals surface area (Å²) in [4.78, 5) is 14.9. The van der Waals surface area contributed by atoms with E-state index in [0.29, 0.717) is 11.3 Å². The summed E-state index contributed by atoms with van der Waals surface area (Å²) in [6.45, 7) is 5.51. The first-order valence-electron chi connectivity index (χ1n) is 12.8. The maximum absolute atomic E-state index is 12.9. The molecule has 170 valence electrons. The molecule has 0 spiro atoms. The van der Waals surface area contributed by atoms with Gasteiger partial charge >= 0.3 is 0 Å². The molecule has 4 fully saturated rings. The van der Waals surface area contributed by atoms with Crippen molar-refractivity contribution < 1.29 is 9.90 Å². The van der Waals surface area contributed by atoms with E-state index < -0.39 is 5.60 Å². The van der Waals surface area contributed by atoms with E-state index in [1.807, 2.05) is 42.3 Å². The van der Waals surface area contributed by atoms with Crippen LogP contribution in [0.5, 0.6) is 0 Å². The number of fused-ring (bicyclic) bond motifs is 5. The highest BCUT2D eigenvalue weighted by Gasteiger charge is 2.57. The van der Waals surface area contributed by atoms with Gasteiger partial charge in [-0.1, -0.05) is 25.1 Å². The van der Waals surface area contributed by atoms with Crippen LogP contribution in [-0.4, -0.2) is 35.1 Å². The molecule has 0 aromatic heterocycles. The van der Waals surface area contributed by atoms with Crippen LogP contribution in [0.15, 0.2) is 30.3 Å². The summed E-state index contributed by atoms with van der Waals surface area (Å²) >= 11 is 0. The first-order valence-corrected chi connectivity index (χ1v) is 12.8. The van der Waals surface area contributed by atoms with Crippen molar-refractivity contribution in [2.45, 2.75) is 77.2 Å². The molecule has 0 saturated heterocycles. The van der Waals surface area contributed by atoms with Gasteiger partial charge in [0.05, 0.1) is 5.60 Å². The molecule has 1 N–H and O–H groups in total. The first-order chi connectivity index (χ1) is 14.8. The average molecular weight is 424 g/mol. The fourth-order valence-corrected chi connectivity index (χ4v) is 8.70. The van der Waals surface area contributed by atoms with E-state index in [4.69, 9.17) is 0 Å². The minimum absolute atomic E-state index is 0.163. The van der Waals surface area contributed by atoms with Gasteiger partial charge in [-0.15, -0.1) is 0 Å². The molecule has 3 nitrogen and oxygen atoms in total. The molecule has 0 heterocycles.